The van der Waals surface area contributed by atoms with Gasteiger partial charge in [-0.25, -0.2) is 0 Å². The standard InChI is InChI=1S/C12H21N3O3S/c1-9(17)15-5-6-19-12(15)3-2-4-14(8-12)11(18)10(13)7-16/h10,16H,2-8,13H2,1H3/t10-,12?/m0/s1. The van der Waals surface area contributed by atoms with Crippen LogP contribution >= 0.6 is 11.8 Å². The quantitative estimate of drug-likeness (QED) is 0.696. The van der Waals surface area contributed by atoms with Crippen LogP contribution in [0.25, 0.3) is 0 Å². The largest absolute Gasteiger partial charge is 0.394 e. The number of nitrogens with two attached hydrogens (primary N) is 1. The van der Waals surface area contributed by atoms with E-state index in [-0.39, 0.29) is 23.3 Å². The van der Waals surface area contributed by atoms with Crippen molar-refractivity contribution in [1.29, 1.82) is 0 Å². The molecule has 2 aliphatic heterocycles. The zero-order valence-corrected chi connectivity index (χ0v) is 12.0. The number of carbonyl (C=O) groups is 2. The van der Waals surface area contributed by atoms with Gasteiger partial charge >= 0.3 is 0 Å². The van der Waals surface area contributed by atoms with Gasteiger partial charge in [0.1, 0.15) is 10.9 Å². The molecular formula is C12H21N3O3S. The molecule has 3 N–H and O–H groups in total. The highest BCUT2D eigenvalue weighted by Crippen LogP contribution is 2.42. The zero-order chi connectivity index (χ0) is 14.0. The highest BCUT2D eigenvalue weighted by molar-refractivity contribution is 8.00. The van der Waals surface area contributed by atoms with Crippen molar-refractivity contribution in [3.63, 3.8) is 0 Å². The van der Waals surface area contributed by atoms with E-state index in [0.29, 0.717) is 13.1 Å². The highest BCUT2D eigenvalue weighted by Gasteiger charge is 2.47. The van der Waals surface area contributed by atoms with Crippen LogP contribution in [-0.4, -0.2) is 69.6 Å². The number of hydrogen-bond donors (Lipinski definition) is 2. The highest BCUT2D eigenvalue weighted by atomic mass is 32.2. The van der Waals surface area contributed by atoms with Crippen molar-refractivity contribution in [3.8, 4) is 0 Å². The number of amides is 2. The molecule has 0 aromatic rings. The molecule has 0 saturated carbocycles. The first-order valence-electron chi connectivity index (χ1n) is 6.57. The molecular weight excluding hydrogens is 266 g/mol. The lowest BCUT2D eigenvalue weighted by Crippen LogP contribution is -2.59. The van der Waals surface area contributed by atoms with Crippen LogP contribution in [0.3, 0.4) is 0 Å². The van der Waals surface area contributed by atoms with Gasteiger partial charge in [0.15, 0.2) is 0 Å². The molecule has 7 heteroatoms. The Kier molecular flexibility index (Phi) is 4.37. The Morgan fingerprint density at radius 3 is 2.84 bits per heavy atom. The summed E-state index contributed by atoms with van der Waals surface area (Å²) in [5.41, 5.74) is 5.60. The molecule has 2 rings (SSSR count). The van der Waals surface area contributed by atoms with Gasteiger partial charge in [-0.1, -0.05) is 0 Å². The lowest BCUT2D eigenvalue weighted by Gasteiger charge is -2.45. The normalized spacial score (nSPS) is 28.8. The molecule has 6 nitrogen and oxygen atoms in total. The predicted molar refractivity (Wildman–Crippen MR) is 73.5 cm³/mol. The van der Waals surface area contributed by atoms with E-state index in [9.17, 15) is 9.59 Å². The van der Waals surface area contributed by atoms with Crippen LogP contribution in [0.2, 0.25) is 0 Å². The van der Waals surface area contributed by atoms with Crippen LogP contribution in [0.5, 0.6) is 0 Å². The molecule has 0 bridgehead atoms. The number of aliphatic hydroxyl groups is 1. The number of aliphatic hydroxyl groups excluding tert-OH is 1. The van der Waals surface area contributed by atoms with E-state index in [2.05, 4.69) is 0 Å². The monoisotopic (exact) mass is 287 g/mol. The average Bonchev–Trinajstić information content (AvgIpc) is 2.80. The second kappa shape index (κ2) is 5.68. The number of nitrogens with zero attached hydrogens (tertiary/aromatic N) is 2. The van der Waals surface area contributed by atoms with Gasteiger partial charge in [-0.05, 0) is 12.8 Å². The second-order valence-electron chi connectivity index (χ2n) is 5.12. The molecule has 1 unspecified atom stereocenters. The van der Waals surface area contributed by atoms with E-state index in [1.807, 2.05) is 4.90 Å². The molecule has 2 fully saturated rings. The molecule has 2 heterocycles. The maximum absolute atomic E-state index is 12.1. The lowest BCUT2D eigenvalue weighted by molar-refractivity contribution is -0.140. The van der Waals surface area contributed by atoms with Crippen LogP contribution < -0.4 is 5.73 Å². The molecule has 2 atom stereocenters. The molecule has 2 amide bonds. The number of hydrogen-bond acceptors (Lipinski definition) is 5. The first-order chi connectivity index (χ1) is 9.00. The van der Waals surface area contributed by atoms with Crippen molar-refractivity contribution in [3.05, 3.63) is 0 Å². The predicted octanol–water partition coefficient (Wildman–Crippen LogP) is -0.780. The summed E-state index contributed by atoms with van der Waals surface area (Å²) in [6.07, 6.45) is 1.77. The van der Waals surface area contributed by atoms with Gasteiger partial charge in [0, 0.05) is 25.8 Å². The van der Waals surface area contributed by atoms with Crippen LogP contribution in [0.1, 0.15) is 19.8 Å². The molecule has 19 heavy (non-hydrogen) atoms. The van der Waals surface area contributed by atoms with Crippen molar-refractivity contribution in [2.24, 2.45) is 5.73 Å². The summed E-state index contributed by atoms with van der Waals surface area (Å²) < 4.78 is 0. The molecule has 108 valence electrons. The average molecular weight is 287 g/mol. The number of carbonyl (C=O) groups excluding carboxylic acids is 2. The van der Waals surface area contributed by atoms with Crippen molar-refractivity contribution < 1.29 is 14.7 Å². The fraction of sp³-hybridized carbons (Fsp3) is 0.833. The first-order valence-corrected chi connectivity index (χ1v) is 7.56. The molecule has 2 saturated heterocycles. The lowest BCUT2D eigenvalue weighted by atomic mass is 10.0. The van der Waals surface area contributed by atoms with Crippen LogP contribution in [0.4, 0.5) is 0 Å². The Labute approximate surface area is 117 Å². The fourth-order valence-electron chi connectivity index (χ4n) is 2.89. The van der Waals surface area contributed by atoms with Gasteiger partial charge in [0.2, 0.25) is 11.8 Å². The number of rotatable bonds is 2. The molecule has 0 aromatic carbocycles. The van der Waals surface area contributed by atoms with E-state index in [0.717, 1.165) is 25.1 Å². The van der Waals surface area contributed by atoms with Gasteiger partial charge in [0.25, 0.3) is 0 Å². The maximum atomic E-state index is 12.1. The maximum Gasteiger partial charge on any atom is 0.241 e. The van der Waals surface area contributed by atoms with E-state index in [1.54, 1.807) is 23.6 Å². The summed E-state index contributed by atoms with van der Waals surface area (Å²) in [4.78, 5) is 27.1. The Morgan fingerprint density at radius 1 is 1.47 bits per heavy atom. The third kappa shape index (κ3) is 2.73. The van der Waals surface area contributed by atoms with Crippen LogP contribution in [0, 0.1) is 0 Å². The summed E-state index contributed by atoms with van der Waals surface area (Å²) in [6.45, 7) is 3.15. The third-order valence-electron chi connectivity index (χ3n) is 3.82. The van der Waals surface area contributed by atoms with E-state index < -0.39 is 6.04 Å². The van der Waals surface area contributed by atoms with Crippen molar-refractivity contribution in [2.75, 3.05) is 32.0 Å². The minimum absolute atomic E-state index is 0.0609. The van der Waals surface area contributed by atoms with E-state index >= 15 is 0 Å². The van der Waals surface area contributed by atoms with Crippen molar-refractivity contribution in [1.82, 2.24) is 9.80 Å². The minimum Gasteiger partial charge on any atom is -0.394 e. The fourth-order valence-corrected chi connectivity index (χ4v) is 4.46. The van der Waals surface area contributed by atoms with Gasteiger partial charge in [-0.3, -0.25) is 9.59 Å². The van der Waals surface area contributed by atoms with E-state index in [1.165, 1.54) is 0 Å². The van der Waals surface area contributed by atoms with Gasteiger partial charge in [0.05, 0.1) is 13.2 Å². The summed E-state index contributed by atoms with van der Waals surface area (Å²) in [5.74, 6) is 0.747. The van der Waals surface area contributed by atoms with Crippen molar-refractivity contribution >= 4 is 23.6 Å². The molecule has 0 aromatic heterocycles. The Morgan fingerprint density at radius 2 is 2.21 bits per heavy atom. The number of likely N-dealkylation sites (tertiary alicyclic amines) is 1. The Hall–Kier alpha value is -0.790. The SMILES string of the molecule is CC(=O)N1CCSC12CCCN(C(=O)[C@@H](N)CO)C2. The Bertz CT molecular complexity index is 379. The second-order valence-corrected chi connectivity index (χ2v) is 6.57. The molecule has 1 spiro atoms. The molecule has 0 radical (unpaired) electrons. The van der Waals surface area contributed by atoms with Gasteiger partial charge in [-0.2, -0.15) is 0 Å². The summed E-state index contributed by atoms with van der Waals surface area (Å²) in [5, 5.41) is 8.99. The minimum atomic E-state index is -0.854. The Balaban J connectivity index is 2.12. The topological polar surface area (TPSA) is 86.9 Å². The summed E-state index contributed by atoms with van der Waals surface area (Å²) in [6, 6.07) is -0.854. The smallest absolute Gasteiger partial charge is 0.241 e. The summed E-state index contributed by atoms with van der Waals surface area (Å²) >= 11 is 1.75. The summed E-state index contributed by atoms with van der Waals surface area (Å²) in [7, 11) is 0. The van der Waals surface area contributed by atoms with Gasteiger partial charge in [-0.15, -0.1) is 11.8 Å². The third-order valence-corrected chi connectivity index (χ3v) is 5.29. The van der Waals surface area contributed by atoms with Crippen LogP contribution in [-0.2, 0) is 9.59 Å². The van der Waals surface area contributed by atoms with E-state index in [4.69, 9.17) is 10.8 Å². The first kappa shape index (κ1) is 14.6. The molecule has 2 aliphatic rings. The van der Waals surface area contributed by atoms with Crippen molar-refractivity contribution in [2.45, 2.75) is 30.7 Å². The number of thioether (sulfide) groups is 1. The van der Waals surface area contributed by atoms with Crippen LogP contribution in [0.15, 0.2) is 0 Å². The zero-order valence-electron chi connectivity index (χ0n) is 11.2. The number of piperidine rings is 1. The molecule has 0 aliphatic carbocycles. The van der Waals surface area contributed by atoms with Gasteiger partial charge < -0.3 is 20.6 Å².